The minimum absolute atomic E-state index is 0.00120. The van der Waals surface area contributed by atoms with Gasteiger partial charge in [0.25, 0.3) is 5.56 Å². The second-order valence-corrected chi connectivity index (χ2v) is 10.6. The summed E-state index contributed by atoms with van der Waals surface area (Å²) in [5.74, 6) is 1.26. The topological polar surface area (TPSA) is 121 Å². The van der Waals surface area contributed by atoms with Crippen LogP contribution in [0.3, 0.4) is 0 Å². The van der Waals surface area contributed by atoms with Gasteiger partial charge in [-0.15, -0.1) is 10.2 Å². The second-order valence-electron chi connectivity index (χ2n) is 9.68. The van der Waals surface area contributed by atoms with Crippen LogP contribution in [0.1, 0.15) is 62.9 Å². The third-order valence-electron chi connectivity index (χ3n) is 6.37. The fraction of sp³-hybridized carbons (Fsp3) is 0.682. The van der Waals surface area contributed by atoms with Gasteiger partial charge in [-0.2, -0.15) is 0 Å². The van der Waals surface area contributed by atoms with Crippen molar-refractivity contribution in [3.8, 4) is 0 Å². The van der Waals surface area contributed by atoms with Crippen molar-refractivity contribution in [2.75, 3.05) is 29.5 Å². The zero-order chi connectivity index (χ0) is 23.9. The van der Waals surface area contributed by atoms with Crippen LogP contribution in [-0.4, -0.2) is 48.5 Å². The van der Waals surface area contributed by atoms with Gasteiger partial charge in [0.2, 0.25) is 5.95 Å². The molecule has 0 amide bonds. The van der Waals surface area contributed by atoms with Gasteiger partial charge < -0.3 is 10.6 Å². The van der Waals surface area contributed by atoms with E-state index in [9.17, 15) is 14.4 Å². The van der Waals surface area contributed by atoms with E-state index in [1.807, 2.05) is 13.8 Å². The molecule has 10 nitrogen and oxygen atoms in total. The van der Waals surface area contributed by atoms with Crippen molar-refractivity contribution in [1.29, 1.82) is 0 Å². The Kier molecular flexibility index (Phi) is 6.69. The molecule has 33 heavy (non-hydrogen) atoms. The van der Waals surface area contributed by atoms with E-state index >= 15 is 0 Å². The summed E-state index contributed by atoms with van der Waals surface area (Å²) >= 11 is 1.27. The van der Waals surface area contributed by atoms with E-state index in [1.54, 1.807) is 0 Å². The molecule has 2 fully saturated rings. The average Bonchev–Trinajstić information content (AvgIpc) is 3.53. The molecular formula is C22H33N7O3S. The number of hydrogen-bond donors (Lipinski definition) is 1. The standard InChI is InChI=1S/C22H33N7O3S/c1-13(2)11-28-18(23)17(19(31)26(4)22(28)32)16(30)12-33-21-25-24-20(29(21)15-5-6-15)27-9-7-14(3)8-10-27/h13-15H,5-12,23H2,1-4H3. The van der Waals surface area contributed by atoms with Gasteiger partial charge in [0.15, 0.2) is 10.9 Å². The fourth-order valence-corrected chi connectivity index (χ4v) is 5.11. The lowest BCUT2D eigenvalue weighted by Crippen LogP contribution is -2.43. The molecule has 4 rings (SSSR count). The van der Waals surface area contributed by atoms with E-state index in [0.717, 1.165) is 55.2 Å². The molecule has 11 heteroatoms. The molecule has 0 unspecified atom stereocenters. The Labute approximate surface area is 197 Å². The first kappa shape index (κ1) is 23.6. The van der Waals surface area contributed by atoms with Crippen LogP contribution in [0, 0.1) is 11.8 Å². The van der Waals surface area contributed by atoms with Crippen LogP contribution in [0.4, 0.5) is 11.8 Å². The summed E-state index contributed by atoms with van der Waals surface area (Å²) in [5, 5.41) is 9.52. The number of anilines is 2. The molecule has 1 aliphatic heterocycles. The van der Waals surface area contributed by atoms with Crippen LogP contribution in [0.25, 0.3) is 0 Å². The predicted molar refractivity (Wildman–Crippen MR) is 129 cm³/mol. The van der Waals surface area contributed by atoms with Crippen LogP contribution in [0.5, 0.6) is 0 Å². The van der Waals surface area contributed by atoms with Gasteiger partial charge in [0, 0.05) is 32.7 Å². The van der Waals surface area contributed by atoms with Crippen molar-refractivity contribution in [3.63, 3.8) is 0 Å². The van der Waals surface area contributed by atoms with E-state index < -0.39 is 17.0 Å². The second kappa shape index (κ2) is 9.36. The summed E-state index contributed by atoms with van der Waals surface area (Å²) in [4.78, 5) is 40.6. The molecule has 0 spiro atoms. The highest BCUT2D eigenvalue weighted by atomic mass is 32.2. The van der Waals surface area contributed by atoms with Crippen LogP contribution < -0.4 is 21.9 Å². The molecule has 1 saturated carbocycles. The van der Waals surface area contributed by atoms with Crippen molar-refractivity contribution in [1.82, 2.24) is 23.9 Å². The number of Topliss-reactive ketones (excluding diaryl/α,β-unsaturated/α-hetero) is 1. The molecule has 0 bridgehead atoms. The number of nitrogens with zero attached hydrogens (tertiary/aromatic N) is 6. The molecule has 3 heterocycles. The molecule has 1 aliphatic carbocycles. The number of aromatic nitrogens is 5. The number of nitrogen functional groups attached to an aromatic ring is 1. The molecule has 2 aromatic rings. The molecule has 2 aliphatic rings. The Morgan fingerprint density at radius 1 is 1.15 bits per heavy atom. The van der Waals surface area contributed by atoms with Crippen molar-refractivity contribution in [2.45, 2.75) is 64.2 Å². The minimum Gasteiger partial charge on any atom is -0.384 e. The third-order valence-corrected chi connectivity index (χ3v) is 7.31. The molecule has 180 valence electrons. The van der Waals surface area contributed by atoms with E-state index in [4.69, 9.17) is 5.73 Å². The van der Waals surface area contributed by atoms with Gasteiger partial charge in [-0.05, 0) is 37.5 Å². The van der Waals surface area contributed by atoms with Crippen molar-refractivity contribution >= 4 is 29.3 Å². The number of hydrogen-bond acceptors (Lipinski definition) is 8. The van der Waals surface area contributed by atoms with Crippen molar-refractivity contribution in [2.24, 2.45) is 18.9 Å². The number of piperidine rings is 1. The van der Waals surface area contributed by atoms with Gasteiger partial charge in [-0.1, -0.05) is 32.5 Å². The summed E-state index contributed by atoms with van der Waals surface area (Å²) in [6, 6.07) is 0.359. The SMILES string of the molecule is CC(C)Cn1c(N)c(C(=O)CSc2nnc(N3CCC(C)CC3)n2C2CC2)c(=O)n(C)c1=O. The van der Waals surface area contributed by atoms with Gasteiger partial charge in [-0.25, -0.2) is 4.79 Å². The maximum Gasteiger partial charge on any atom is 0.332 e. The average molecular weight is 476 g/mol. The van der Waals surface area contributed by atoms with Crippen molar-refractivity contribution < 1.29 is 4.79 Å². The van der Waals surface area contributed by atoms with Crippen LogP contribution >= 0.6 is 11.8 Å². The van der Waals surface area contributed by atoms with Gasteiger partial charge in [0.05, 0.1) is 5.75 Å². The number of thioether (sulfide) groups is 1. The normalized spacial score (nSPS) is 17.2. The predicted octanol–water partition coefficient (Wildman–Crippen LogP) is 1.92. The number of carbonyl (C=O) groups is 1. The Balaban J connectivity index is 1.57. The summed E-state index contributed by atoms with van der Waals surface area (Å²) in [5.41, 5.74) is 4.85. The van der Waals surface area contributed by atoms with Gasteiger partial charge >= 0.3 is 5.69 Å². The van der Waals surface area contributed by atoms with Crippen LogP contribution in [0.15, 0.2) is 14.7 Å². The van der Waals surface area contributed by atoms with Crippen LogP contribution in [0.2, 0.25) is 0 Å². The summed E-state index contributed by atoms with van der Waals surface area (Å²) in [6.07, 6.45) is 4.41. The molecule has 0 aromatic carbocycles. The quantitative estimate of drug-likeness (QED) is 0.454. The molecule has 1 saturated heterocycles. The highest BCUT2D eigenvalue weighted by Crippen LogP contribution is 2.41. The van der Waals surface area contributed by atoms with E-state index in [-0.39, 0.29) is 23.1 Å². The Bertz CT molecular complexity index is 1150. The monoisotopic (exact) mass is 475 g/mol. The van der Waals surface area contributed by atoms with E-state index in [0.29, 0.717) is 17.7 Å². The first-order valence-electron chi connectivity index (χ1n) is 11.6. The lowest BCUT2D eigenvalue weighted by molar-refractivity contribution is 0.102. The van der Waals surface area contributed by atoms with E-state index in [2.05, 4.69) is 26.6 Å². The molecule has 2 aromatic heterocycles. The zero-order valence-corrected chi connectivity index (χ0v) is 20.6. The zero-order valence-electron chi connectivity index (χ0n) is 19.8. The molecule has 2 N–H and O–H groups in total. The summed E-state index contributed by atoms with van der Waals surface area (Å²) < 4.78 is 4.42. The van der Waals surface area contributed by atoms with Crippen LogP contribution in [-0.2, 0) is 13.6 Å². The third kappa shape index (κ3) is 4.73. The first-order valence-corrected chi connectivity index (χ1v) is 12.6. The van der Waals surface area contributed by atoms with Gasteiger partial charge in [0.1, 0.15) is 11.4 Å². The summed E-state index contributed by atoms with van der Waals surface area (Å²) in [6.45, 7) is 8.41. The number of ketones is 1. The number of rotatable bonds is 8. The first-order chi connectivity index (χ1) is 15.7. The maximum absolute atomic E-state index is 13.1. The maximum atomic E-state index is 13.1. The molecule has 0 atom stereocenters. The smallest absolute Gasteiger partial charge is 0.332 e. The lowest BCUT2D eigenvalue weighted by Gasteiger charge is -2.31. The summed E-state index contributed by atoms with van der Waals surface area (Å²) in [7, 11) is 1.38. The molecule has 0 radical (unpaired) electrons. The van der Waals surface area contributed by atoms with Gasteiger partial charge in [-0.3, -0.25) is 23.3 Å². The number of carbonyl (C=O) groups excluding carboxylic acids is 1. The Morgan fingerprint density at radius 2 is 1.82 bits per heavy atom. The van der Waals surface area contributed by atoms with Crippen molar-refractivity contribution in [3.05, 3.63) is 26.4 Å². The minimum atomic E-state index is -0.658. The van der Waals surface area contributed by atoms with E-state index in [1.165, 1.54) is 23.4 Å². The Morgan fingerprint density at radius 3 is 2.42 bits per heavy atom. The number of nitrogens with two attached hydrogens (primary N) is 1. The highest BCUT2D eigenvalue weighted by molar-refractivity contribution is 7.99. The highest BCUT2D eigenvalue weighted by Gasteiger charge is 2.33. The largest absolute Gasteiger partial charge is 0.384 e. The molecular weight excluding hydrogens is 442 g/mol. The fourth-order valence-electron chi connectivity index (χ4n) is 4.23. The lowest BCUT2D eigenvalue weighted by atomic mass is 10.00. The Hall–Kier alpha value is -2.56.